The zero-order chi connectivity index (χ0) is 8.55. The fourth-order valence-corrected chi connectivity index (χ4v) is 1.94. The Bertz CT molecular complexity index is 314. The summed E-state index contributed by atoms with van der Waals surface area (Å²) in [7, 11) is 0. The molecule has 1 unspecified atom stereocenters. The van der Waals surface area contributed by atoms with Crippen molar-refractivity contribution in [3.63, 3.8) is 0 Å². The van der Waals surface area contributed by atoms with Crippen molar-refractivity contribution < 1.29 is 9.53 Å². The van der Waals surface area contributed by atoms with Gasteiger partial charge in [-0.3, -0.25) is 0 Å². The molecule has 0 radical (unpaired) electrons. The van der Waals surface area contributed by atoms with E-state index < -0.39 is 0 Å². The highest BCUT2D eigenvalue weighted by Crippen LogP contribution is 2.28. The number of alkyl carbamates (subject to hydrolysis) is 1. The standard InChI is InChI=1S/C6H5ClN2O2S/c7-5-8-2-4(12-5)3-1-9-6(10)11-3/h2-3H,1H2,(H,9,10). The number of nitrogens with one attached hydrogen (secondary N) is 1. The number of cyclic esters (lactones) is 1. The van der Waals surface area contributed by atoms with Crippen LogP contribution in [0.1, 0.15) is 11.0 Å². The zero-order valence-electron chi connectivity index (χ0n) is 5.91. The zero-order valence-corrected chi connectivity index (χ0v) is 7.48. The molecule has 1 saturated heterocycles. The Kier molecular flexibility index (Phi) is 1.90. The predicted molar refractivity (Wildman–Crippen MR) is 44.3 cm³/mol. The monoisotopic (exact) mass is 204 g/mol. The van der Waals surface area contributed by atoms with Crippen LogP contribution in [-0.4, -0.2) is 17.6 Å². The highest BCUT2D eigenvalue weighted by atomic mass is 35.5. The Morgan fingerprint density at radius 2 is 2.67 bits per heavy atom. The van der Waals surface area contributed by atoms with E-state index in [0.717, 1.165) is 4.88 Å². The van der Waals surface area contributed by atoms with Crippen molar-refractivity contribution in [1.29, 1.82) is 0 Å². The van der Waals surface area contributed by atoms with Crippen LogP contribution in [0.3, 0.4) is 0 Å². The molecule has 1 fully saturated rings. The van der Waals surface area contributed by atoms with E-state index in [0.29, 0.717) is 11.0 Å². The number of hydrogen-bond acceptors (Lipinski definition) is 4. The molecule has 1 aromatic heterocycles. The summed E-state index contributed by atoms with van der Waals surface area (Å²) in [6.45, 7) is 0.497. The molecule has 1 atom stereocenters. The largest absolute Gasteiger partial charge is 0.439 e. The van der Waals surface area contributed by atoms with Crippen molar-refractivity contribution in [2.75, 3.05) is 6.54 Å². The molecule has 1 N–H and O–H groups in total. The first-order valence-electron chi connectivity index (χ1n) is 3.31. The van der Waals surface area contributed by atoms with Crippen molar-refractivity contribution >= 4 is 29.0 Å². The summed E-state index contributed by atoms with van der Waals surface area (Å²) in [6.07, 6.45) is 1.02. The van der Waals surface area contributed by atoms with Gasteiger partial charge in [0.15, 0.2) is 10.6 Å². The molecule has 1 aliphatic heterocycles. The molecule has 2 heterocycles. The molecule has 4 nitrogen and oxygen atoms in total. The summed E-state index contributed by atoms with van der Waals surface area (Å²) in [6, 6.07) is 0. The van der Waals surface area contributed by atoms with Crippen molar-refractivity contribution in [3.8, 4) is 0 Å². The number of carbonyl (C=O) groups is 1. The third kappa shape index (κ3) is 1.37. The normalized spacial score (nSPS) is 22.1. The molecular formula is C6H5ClN2O2S. The van der Waals surface area contributed by atoms with Crippen LogP contribution in [0.5, 0.6) is 0 Å². The molecule has 0 aliphatic carbocycles. The summed E-state index contributed by atoms with van der Waals surface area (Å²) in [4.78, 5) is 15.4. The summed E-state index contributed by atoms with van der Waals surface area (Å²) in [5, 5.41) is 2.55. The lowest BCUT2D eigenvalue weighted by Crippen LogP contribution is -2.12. The first kappa shape index (κ1) is 7.82. The average Bonchev–Trinajstić information content (AvgIpc) is 2.58. The van der Waals surface area contributed by atoms with Gasteiger partial charge in [0.05, 0.1) is 11.4 Å². The Labute approximate surface area is 77.5 Å². The maximum atomic E-state index is 10.7. The number of rotatable bonds is 1. The minimum atomic E-state index is -0.385. The molecule has 0 saturated carbocycles. The van der Waals surface area contributed by atoms with Crippen molar-refractivity contribution in [2.45, 2.75) is 6.10 Å². The van der Waals surface area contributed by atoms with Crippen molar-refractivity contribution in [3.05, 3.63) is 15.5 Å². The highest BCUT2D eigenvalue weighted by Gasteiger charge is 2.25. The van der Waals surface area contributed by atoms with Crippen LogP contribution in [0.2, 0.25) is 4.47 Å². The third-order valence-corrected chi connectivity index (χ3v) is 2.70. The first-order valence-corrected chi connectivity index (χ1v) is 4.51. The van der Waals surface area contributed by atoms with Gasteiger partial charge in [-0.25, -0.2) is 9.78 Å². The van der Waals surface area contributed by atoms with Gasteiger partial charge in [-0.05, 0) is 0 Å². The van der Waals surface area contributed by atoms with E-state index in [-0.39, 0.29) is 12.2 Å². The fraction of sp³-hybridized carbons (Fsp3) is 0.333. The molecule has 0 spiro atoms. The second-order valence-corrected chi connectivity index (χ2v) is 3.93. The number of amides is 1. The number of nitrogens with zero attached hydrogens (tertiary/aromatic N) is 1. The Balaban J connectivity index is 2.15. The number of carbonyl (C=O) groups excluding carboxylic acids is 1. The number of hydrogen-bond donors (Lipinski definition) is 1. The summed E-state index contributed by atoms with van der Waals surface area (Å²) < 4.78 is 5.39. The highest BCUT2D eigenvalue weighted by molar-refractivity contribution is 7.15. The molecule has 0 aromatic carbocycles. The number of aromatic nitrogens is 1. The van der Waals surface area contributed by atoms with Crippen molar-refractivity contribution in [1.82, 2.24) is 10.3 Å². The number of ether oxygens (including phenoxy) is 1. The second kappa shape index (κ2) is 2.91. The first-order chi connectivity index (χ1) is 5.75. The fourth-order valence-electron chi connectivity index (χ4n) is 0.960. The molecule has 1 aromatic rings. The molecule has 64 valence electrons. The minimum absolute atomic E-state index is 0.220. The summed E-state index contributed by atoms with van der Waals surface area (Å²) in [5.41, 5.74) is 0. The van der Waals surface area contributed by atoms with Gasteiger partial charge < -0.3 is 10.1 Å². The third-order valence-electron chi connectivity index (χ3n) is 1.49. The van der Waals surface area contributed by atoms with E-state index in [1.54, 1.807) is 6.20 Å². The maximum Gasteiger partial charge on any atom is 0.407 e. The van der Waals surface area contributed by atoms with Gasteiger partial charge >= 0.3 is 6.09 Å². The Morgan fingerprint density at radius 3 is 3.17 bits per heavy atom. The molecular weight excluding hydrogens is 200 g/mol. The van der Waals surface area contributed by atoms with Crippen LogP contribution < -0.4 is 5.32 Å². The van der Waals surface area contributed by atoms with E-state index >= 15 is 0 Å². The van der Waals surface area contributed by atoms with Crippen molar-refractivity contribution in [2.24, 2.45) is 0 Å². The Morgan fingerprint density at radius 1 is 1.83 bits per heavy atom. The van der Waals surface area contributed by atoms with Crippen LogP contribution in [0, 0.1) is 0 Å². The SMILES string of the molecule is O=C1NCC(c2cnc(Cl)s2)O1. The molecule has 1 aliphatic rings. The van der Waals surface area contributed by atoms with Gasteiger partial charge in [-0.15, -0.1) is 11.3 Å². The van der Waals surface area contributed by atoms with Crippen LogP contribution in [0.4, 0.5) is 4.79 Å². The summed E-state index contributed by atoms with van der Waals surface area (Å²) in [5.74, 6) is 0. The second-order valence-electron chi connectivity index (χ2n) is 2.29. The molecule has 12 heavy (non-hydrogen) atoms. The van der Waals surface area contributed by atoms with Gasteiger partial charge in [0.1, 0.15) is 0 Å². The van der Waals surface area contributed by atoms with E-state index in [9.17, 15) is 4.79 Å². The number of halogens is 1. The van der Waals surface area contributed by atoms with Crippen LogP contribution in [0.25, 0.3) is 0 Å². The Hall–Kier alpha value is -0.810. The van der Waals surface area contributed by atoms with E-state index in [1.165, 1.54) is 11.3 Å². The number of thiazole rings is 1. The average molecular weight is 205 g/mol. The molecule has 6 heteroatoms. The van der Waals surface area contributed by atoms with E-state index in [4.69, 9.17) is 16.3 Å². The predicted octanol–water partition coefficient (Wildman–Crippen LogP) is 1.58. The topological polar surface area (TPSA) is 51.2 Å². The van der Waals surface area contributed by atoms with Gasteiger partial charge in [-0.1, -0.05) is 11.6 Å². The minimum Gasteiger partial charge on any atom is -0.439 e. The van der Waals surface area contributed by atoms with Crippen LogP contribution in [0.15, 0.2) is 6.20 Å². The molecule has 2 rings (SSSR count). The molecule has 1 amide bonds. The van der Waals surface area contributed by atoms with E-state index in [2.05, 4.69) is 10.3 Å². The lowest BCUT2D eigenvalue weighted by atomic mass is 10.3. The maximum absolute atomic E-state index is 10.7. The molecule has 0 bridgehead atoms. The quantitative estimate of drug-likeness (QED) is 0.756. The van der Waals surface area contributed by atoms with Gasteiger partial charge in [0.25, 0.3) is 0 Å². The van der Waals surface area contributed by atoms with Gasteiger partial charge in [-0.2, -0.15) is 0 Å². The van der Waals surface area contributed by atoms with Crippen LogP contribution in [-0.2, 0) is 4.74 Å². The van der Waals surface area contributed by atoms with Crippen LogP contribution >= 0.6 is 22.9 Å². The van der Waals surface area contributed by atoms with Gasteiger partial charge in [0.2, 0.25) is 0 Å². The lowest BCUT2D eigenvalue weighted by Gasteiger charge is -2.01. The summed E-state index contributed by atoms with van der Waals surface area (Å²) >= 11 is 6.95. The lowest BCUT2D eigenvalue weighted by molar-refractivity contribution is 0.142. The van der Waals surface area contributed by atoms with E-state index in [1.807, 2.05) is 0 Å². The van der Waals surface area contributed by atoms with Gasteiger partial charge in [0, 0.05) is 6.20 Å². The smallest absolute Gasteiger partial charge is 0.407 e.